The summed E-state index contributed by atoms with van der Waals surface area (Å²) in [5, 5.41) is 9.28. The standard InChI is InChI=1S/C5H7NO4S2/c7-4(8)5(9)12(10)3-1-11-2-6-3/h3,6H,1-2H2,(H,7,8). The zero-order chi connectivity index (χ0) is 9.14. The Kier molecular flexibility index (Phi) is 3.24. The maximum absolute atomic E-state index is 11.1. The second kappa shape index (κ2) is 4.01. The first-order chi connectivity index (χ1) is 5.63. The van der Waals surface area contributed by atoms with Crippen LogP contribution in [0, 0.1) is 0 Å². The van der Waals surface area contributed by atoms with Gasteiger partial charge in [0.05, 0.1) is 0 Å². The van der Waals surface area contributed by atoms with Gasteiger partial charge in [0.15, 0.2) is 0 Å². The Bertz CT molecular complexity index is 236. The van der Waals surface area contributed by atoms with Crippen LogP contribution in [0.15, 0.2) is 0 Å². The van der Waals surface area contributed by atoms with Crippen LogP contribution in [-0.2, 0) is 20.4 Å². The van der Waals surface area contributed by atoms with Gasteiger partial charge < -0.3 is 5.11 Å². The Hall–Kier alpha value is -0.400. The van der Waals surface area contributed by atoms with Crippen LogP contribution in [-0.4, -0.2) is 37.4 Å². The average Bonchev–Trinajstić information content (AvgIpc) is 2.53. The lowest BCUT2D eigenvalue weighted by Gasteiger charge is -2.04. The molecule has 5 nitrogen and oxygen atoms in total. The summed E-state index contributed by atoms with van der Waals surface area (Å²) in [5.41, 5.74) is 0. The lowest BCUT2D eigenvalue weighted by atomic mass is 10.7. The van der Waals surface area contributed by atoms with Crippen molar-refractivity contribution in [3.8, 4) is 0 Å². The van der Waals surface area contributed by atoms with E-state index in [1.54, 1.807) is 0 Å². The zero-order valence-electron chi connectivity index (χ0n) is 5.98. The van der Waals surface area contributed by atoms with Gasteiger partial charge in [-0.15, -0.1) is 11.8 Å². The number of carboxylic acids is 1. The molecule has 0 aromatic carbocycles. The fourth-order valence-corrected chi connectivity index (χ4v) is 3.05. The monoisotopic (exact) mass is 209 g/mol. The van der Waals surface area contributed by atoms with Gasteiger partial charge in [-0.1, -0.05) is 0 Å². The van der Waals surface area contributed by atoms with Gasteiger partial charge in [0.2, 0.25) is 0 Å². The molecule has 1 aliphatic rings. The first-order valence-electron chi connectivity index (χ1n) is 3.12. The average molecular weight is 209 g/mol. The lowest BCUT2D eigenvalue weighted by Crippen LogP contribution is -2.35. The van der Waals surface area contributed by atoms with E-state index in [-0.39, 0.29) is 0 Å². The summed E-state index contributed by atoms with van der Waals surface area (Å²) in [4.78, 5) is 20.8. The predicted molar refractivity (Wildman–Crippen MR) is 45.0 cm³/mol. The highest BCUT2D eigenvalue weighted by molar-refractivity contribution is 8.05. The third-order valence-corrected chi connectivity index (χ3v) is 3.84. The number of rotatable bonds is 1. The van der Waals surface area contributed by atoms with Crippen molar-refractivity contribution in [3.05, 3.63) is 0 Å². The summed E-state index contributed by atoms with van der Waals surface area (Å²) in [5.74, 6) is -0.499. The molecule has 12 heavy (non-hydrogen) atoms. The van der Waals surface area contributed by atoms with Crippen molar-refractivity contribution < 1.29 is 18.9 Å². The van der Waals surface area contributed by atoms with Crippen LogP contribution in [0.3, 0.4) is 0 Å². The summed E-state index contributed by atoms with van der Waals surface area (Å²) in [6.07, 6.45) is 0. The molecule has 0 amide bonds. The number of aliphatic carboxylic acids is 1. The molecule has 1 rings (SSSR count). The summed E-state index contributed by atoms with van der Waals surface area (Å²) >= 11 is 1.49. The van der Waals surface area contributed by atoms with Gasteiger partial charge in [-0.3, -0.25) is 10.1 Å². The molecule has 1 heterocycles. The minimum atomic E-state index is -1.94. The molecule has 0 aromatic rings. The zero-order valence-corrected chi connectivity index (χ0v) is 7.61. The van der Waals surface area contributed by atoms with E-state index in [9.17, 15) is 13.8 Å². The number of nitrogens with one attached hydrogen (secondary N) is 1. The molecule has 1 fully saturated rings. The topological polar surface area (TPSA) is 83.5 Å². The summed E-state index contributed by atoms with van der Waals surface area (Å²) in [6, 6.07) is 0. The summed E-state index contributed by atoms with van der Waals surface area (Å²) in [7, 11) is -1.94. The highest BCUT2D eigenvalue weighted by Gasteiger charge is 2.30. The normalized spacial score (nSPS) is 25.2. The molecule has 2 unspecified atom stereocenters. The maximum Gasteiger partial charge on any atom is 0.386 e. The largest absolute Gasteiger partial charge is 0.475 e. The number of thioether (sulfide) groups is 1. The van der Waals surface area contributed by atoms with E-state index < -0.39 is 27.3 Å². The Morgan fingerprint density at radius 1 is 1.58 bits per heavy atom. The Balaban J connectivity index is 2.57. The fraction of sp³-hybridized carbons (Fsp3) is 0.600. The van der Waals surface area contributed by atoms with Crippen LogP contribution in [0.2, 0.25) is 0 Å². The Morgan fingerprint density at radius 3 is 2.67 bits per heavy atom. The van der Waals surface area contributed by atoms with Crippen LogP contribution < -0.4 is 5.32 Å². The number of carbonyl (C=O) groups is 2. The number of carbonyl (C=O) groups excluding carboxylic acids is 1. The quantitative estimate of drug-likeness (QED) is 0.537. The van der Waals surface area contributed by atoms with Crippen molar-refractivity contribution in [3.63, 3.8) is 0 Å². The molecular formula is C5H7NO4S2. The maximum atomic E-state index is 11.1. The van der Waals surface area contributed by atoms with Gasteiger partial charge in [-0.25, -0.2) is 9.00 Å². The van der Waals surface area contributed by atoms with Crippen molar-refractivity contribution in [2.24, 2.45) is 0 Å². The minimum absolute atomic E-state index is 0.501. The molecule has 1 aliphatic heterocycles. The third kappa shape index (κ3) is 2.05. The van der Waals surface area contributed by atoms with Crippen LogP contribution >= 0.6 is 11.8 Å². The molecule has 0 aromatic heterocycles. The summed E-state index contributed by atoms with van der Waals surface area (Å²) < 4.78 is 11.1. The SMILES string of the molecule is O=C(O)C(=O)S(=O)C1CSCN1. The van der Waals surface area contributed by atoms with Crippen LogP contribution in [0.1, 0.15) is 0 Å². The van der Waals surface area contributed by atoms with E-state index in [2.05, 4.69) is 5.32 Å². The smallest absolute Gasteiger partial charge is 0.386 e. The van der Waals surface area contributed by atoms with E-state index in [1.165, 1.54) is 11.8 Å². The van der Waals surface area contributed by atoms with Crippen LogP contribution in [0.4, 0.5) is 0 Å². The molecule has 2 atom stereocenters. The Labute approximate surface area is 75.4 Å². The predicted octanol–water partition coefficient (Wildman–Crippen LogP) is -1.03. The number of hydrogen-bond acceptors (Lipinski definition) is 5. The van der Waals surface area contributed by atoms with Crippen molar-refractivity contribution in [2.45, 2.75) is 5.37 Å². The van der Waals surface area contributed by atoms with E-state index in [0.717, 1.165) is 0 Å². The van der Waals surface area contributed by atoms with Gasteiger partial charge in [-0.05, 0) is 0 Å². The molecule has 0 bridgehead atoms. The summed E-state index contributed by atoms with van der Waals surface area (Å²) in [6.45, 7) is 0. The van der Waals surface area contributed by atoms with Crippen LogP contribution in [0.25, 0.3) is 0 Å². The Morgan fingerprint density at radius 2 is 2.25 bits per heavy atom. The van der Waals surface area contributed by atoms with Crippen molar-refractivity contribution in [1.82, 2.24) is 5.32 Å². The van der Waals surface area contributed by atoms with Crippen LogP contribution in [0.5, 0.6) is 0 Å². The molecule has 1 saturated heterocycles. The number of carboxylic acid groups (broad SMARTS) is 1. The van der Waals surface area contributed by atoms with Gasteiger partial charge in [0.1, 0.15) is 16.2 Å². The number of hydrogen-bond donors (Lipinski definition) is 2. The third-order valence-electron chi connectivity index (χ3n) is 1.30. The van der Waals surface area contributed by atoms with E-state index >= 15 is 0 Å². The molecule has 0 spiro atoms. The van der Waals surface area contributed by atoms with E-state index in [1.807, 2.05) is 0 Å². The second-order valence-electron chi connectivity index (χ2n) is 2.10. The molecule has 0 aliphatic carbocycles. The first-order valence-corrected chi connectivity index (χ1v) is 5.48. The molecule has 0 saturated carbocycles. The lowest BCUT2D eigenvalue weighted by molar-refractivity contribution is -0.145. The van der Waals surface area contributed by atoms with Gasteiger partial charge in [0, 0.05) is 11.6 Å². The fourth-order valence-electron chi connectivity index (χ4n) is 0.730. The van der Waals surface area contributed by atoms with Gasteiger partial charge in [0.25, 0.3) is 0 Å². The molecule has 68 valence electrons. The van der Waals surface area contributed by atoms with E-state index in [4.69, 9.17) is 5.11 Å². The van der Waals surface area contributed by atoms with Crippen molar-refractivity contribution in [1.29, 1.82) is 0 Å². The highest BCUT2D eigenvalue weighted by Crippen LogP contribution is 2.12. The van der Waals surface area contributed by atoms with Gasteiger partial charge >= 0.3 is 11.1 Å². The van der Waals surface area contributed by atoms with Crippen molar-refractivity contribution in [2.75, 3.05) is 11.6 Å². The van der Waals surface area contributed by atoms with E-state index in [0.29, 0.717) is 11.6 Å². The first kappa shape index (κ1) is 9.69. The minimum Gasteiger partial charge on any atom is -0.475 e. The highest BCUT2D eigenvalue weighted by atomic mass is 32.2. The van der Waals surface area contributed by atoms with Crippen molar-refractivity contribution >= 4 is 33.6 Å². The molecule has 0 radical (unpaired) electrons. The molecule has 2 N–H and O–H groups in total. The molecule has 7 heteroatoms. The van der Waals surface area contributed by atoms with Gasteiger partial charge in [-0.2, -0.15) is 0 Å². The molecular weight excluding hydrogens is 202 g/mol. The second-order valence-corrected chi connectivity index (χ2v) is 4.66.